The fourth-order valence-corrected chi connectivity index (χ4v) is 1.75. The molecule has 0 aromatic carbocycles. The minimum atomic E-state index is -0.308. The van der Waals surface area contributed by atoms with Crippen molar-refractivity contribution in [3.05, 3.63) is 17.8 Å². The third-order valence-corrected chi connectivity index (χ3v) is 2.57. The third-order valence-electron chi connectivity index (χ3n) is 2.57. The number of hydrogen-bond donors (Lipinski definition) is 2. The van der Waals surface area contributed by atoms with Crippen LogP contribution < -0.4 is 11.5 Å². The summed E-state index contributed by atoms with van der Waals surface area (Å²) in [5, 5.41) is 0. The van der Waals surface area contributed by atoms with Crippen molar-refractivity contribution < 1.29 is 4.79 Å². The minimum Gasteiger partial charge on any atom is -0.370 e. The largest absolute Gasteiger partial charge is 0.370 e. The molecule has 0 aliphatic heterocycles. The molecule has 0 spiro atoms. The number of aryl methyl sites for hydroxylation is 2. The number of nitrogens with zero attached hydrogens (tertiary/aromatic N) is 3. The van der Waals surface area contributed by atoms with E-state index in [2.05, 4.69) is 9.97 Å². The molecule has 4 N–H and O–H groups in total. The third kappa shape index (κ3) is 2.35. The molecule has 2 aromatic heterocycles. The molecule has 0 bridgehead atoms. The highest BCUT2D eigenvalue weighted by Crippen LogP contribution is 2.16. The molecule has 0 unspecified atom stereocenters. The molecule has 2 aromatic rings. The first-order valence-electron chi connectivity index (χ1n) is 5.45. The summed E-state index contributed by atoms with van der Waals surface area (Å²) in [5.74, 6) is 0.111. The maximum atomic E-state index is 10.7. The number of rotatable bonds is 4. The summed E-state index contributed by atoms with van der Waals surface area (Å²) in [6.45, 7) is 2.51. The van der Waals surface area contributed by atoms with E-state index in [1.807, 2.05) is 23.6 Å². The molecule has 6 heteroatoms. The van der Waals surface area contributed by atoms with Gasteiger partial charge in [0, 0.05) is 18.7 Å². The fourth-order valence-electron chi connectivity index (χ4n) is 1.75. The van der Waals surface area contributed by atoms with Gasteiger partial charge in [0.15, 0.2) is 5.65 Å². The summed E-state index contributed by atoms with van der Waals surface area (Å²) in [5.41, 5.74) is 13.3. The molecule has 90 valence electrons. The maximum absolute atomic E-state index is 10.7. The zero-order chi connectivity index (χ0) is 12.4. The Kier molecular flexibility index (Phi) is 2.95. The van der Waals surface area contributed by atoms with Gasteiger partial charge in [0.1, 0.15) is 5.52 Å². The Morgan fingerprint density at radius 2 is 2.18 bits per heavy atom. The molecule has 0 fully saturated rings. The second kappa shape index (κ2) is 4.40. The van der Waals surface area contributed by atoms with Gasteiger partial charge in [0.05, 0.1) is 0 Å². The second-order valence-electron chi connectivity index (χ2n) is 3.99. The molecule has 1 amide bonds. The van der Waals surface area contributed by atoms with Crippen LogP contribution in [0.3, 0.4) is 0 Å². The van der Waals surface area contributed by atoms with Crippen molar-refractivity contribution >= 4 is 23.0 Å². The van der Waals surface area contributed by atoms with Gasteiger partial charge in [-0.25, -0.2) is 9.97 Å². The normalized spacial score (nSPS) is 10.9. The van der Waals surface area contributed by atoms with Gasteiger partial charge >= 0.3 is 0 Å². The number of pyridine rings is 1. The van der Waals surface area contributed by atoms with Gasteiger partial charge in [0.25, 0.3) is 0 Å². The molecule has 0 saturated carbocycles. The molecular weight excluding hydrogens is 218 g/mol. The molecule has 0 atom stereocenters. The van der Waals surface area contributed by atoms with E-state index < -0.39 is 0 Å². The molecule has 2 heterocycles. The summed E-state index contributed by atoms with van der Waals surface area (Å²) in [6, 6.07) is 3.78. The number of nitrogens with two attached hydrogens (primary N) is 2. The van der Waals surface area contributed by atoms with Gasteiger partial charge in [-0.2, -0.15) is 0 Å². The smallest absolute Gasteiger partial charge is 0.217 e. The summed E-state index contributed by atoms with van der Waals surface area (Å²) in [7, 11) is 0. The number of primary amides is 1. The van der Waals surface area contributed by atoms with Crippen LogP contribution in [0.1, 0.15) is 18.5 Å². The number of carbonyl (C=O) groups is 1. The quantitative estimate of drug-likeness (QED) is 0.807. The lowest BCUT2D eigenvalue weighted by atomic mass is 10.3. The monoisotopic (exact) mass is 233 g/mol. The number of amides is 1. The molecule has 0 radical (unpaired) electrons. The van der Waals surface area contributed by atoms with Gasteiger partial charge in [-0.1, -0.05) is 0 Å². The second-order valence-corrected chi connectivity index (χ2v) is 3.99. The van der Waals surface area contributed by atoms with Crippen LogP contribution in [-0.2, 0) is 11.3 Å². The molecule has 2 rings (SSSR count). The zero-order valence-corrected chi connectivity index (χ0v) is 9.68. The predicted molar refractivity (Wildman–Crippen MR) is 65.1 cm³/mol. The van der Waals surface area contributed by atoms with Crippen molar-refractivity contribution in [3.8, 4) is 0 Å². The molecule has 0 aliphatic carbocycles. The van der Waals surface area contributed by atoms with Crippen molar-refractivity contribution in [2.75, 3.05) is 5.73 Å². The van der Waals surface area contributed by atoms with Gasteiger partial charge in [-0.3, -0.25) is 9.36 Å². The Labute approximate surface area is 98.6 Å². The first-order chi connectivity index (χ1) is 8.08. The fraction of sp³-hybridized carbons (Fsp3) is 0.364. The first kappa shape index (κ1) is 11.4. The number of imidazole rings is 1. The topological polar surface area (TPSA) is 99.8 Å². The van der Waals surface area contributed by atoms with Gasteiger partial charge < -0.3 is 11.5 Å². The van der Waals surface area contributed by atoms with Crippen molar-refractivity contribution in [1.29, 1.82) is 0 Å². The molecule has 0 saturated heterocycles. The average Bonchev–Trinajstić information content (AvgIpc) is 2.55. The molecule has 17 heavy (non-hydrogen) atoms. The van der Waals surface area contributed by atoms with E-state index in [1.54, 1.807) is 0 Å². The standard InChI is InChI=1S/C11H15N5O/c1-7-4-5-8-10(14-7)16(11(13)15-8)6-2-3-9(12)17/h4-5H,2-3,6H2,1H3,(H2,12,17)(H2,13,15). The number of aromatic nitrogens is 3. The van der Waals surface area contributed by atoms with Crippen molar-refractivity contribution in [1.82, 2.24) is 14.5 Å². The van der Waals surface area contributed by atoms with Crippen molar-refractivity contribution in [2.45, 2.75) is 26.3 Å². The number of hydrogen-bond acceptors (Lipinski definition) is 4. The van der Waals surface area contributed by atoms with E-state index in [0.29, 0.717) is 25.3 Å². The van der Waals surface area contributed by atoms with Crippen LogP contribution >= 0.6 is 0 Å². The Morgan fingerprint density at radius 3 is 2.88 bits per heavy atom. The van der Waals surface area contributed by atoms with Crippen LogP contribution in [0.2, 0.25) is 0 Å². The predicted octanol–water partition coefficient (Wildman–Crippen LogP) is 0.587. The average molecular weight is 233 g/mol. The van der Waals surface area contributed by atoms with Crippen LogP contribution in [0.15, 0.2) is 12.1 Å². The van der Waals surface area contributed by atoms with Gasteiger partial charge in [-0.05, 0) is 25.5 Å². The highest BCUT2D eigenvalue weighted by Gasteiger charge is 2.09. The highest BCUT2D eigenvalue weighted by atomic mass is 16.1. The maximum Gasteiger partial charge on any atom is 0.217 e. The first-order valence-corrected chi connectivity index (χ1v) is 5.45. The van der Waals surface area contributed by atoms with E-state index in [4.69, 9.17) is 11.5 Å². The van der Waals surface area contributed by atoms with Crippen molar-refractivity contribution in [2.24, 2.45) is 5.73 Å². The van der Waals surface area contributed by atoms with E-state index in [-0.39, 0.29) is 5.91 Å². The number of fused-ring (bicyclic) bond motifs is 1. The Hall–Kier alpha value is -2.11. The SMILES string of the molecule is Cc1ccc2nc(N)n(CCCC(N)=O)c2n1. The Bertz CT molecular complexity index is 560. The van der Waals surface area contributed by atoms with E-state index in [9.17, 15) is 4.79 Å². The number of nitrogen functional groups attached to an aromatic ring is 1. The summed E-state index contributed by atoms with van der Waals surface area (Å²) < 4.78 is 1.81. The number of anilines is 1. The van der Waals surface area contributed by atoms with E-state index in [1.165, 1.54) is 0 Å². The van der Waals surface area contributed by atoms with Crippen LogP contribution in [-0.4, -0.2) is 20.4 Å². The van der Waals surface area contributed by atoms with Gasteiger partial charge in [0.2, 0.25) is 11.9 Å². The lowest BCUT2D eigenvalue weighted by Gasteiger charge is -2.04. The Morgan fingerprint density at radius 1 is 1.41 bits per heavy atom. The Balaban J connectivity index is 2.28. The van der Waals surface area contributed by atoms with Crippen molar-refractivity contribution in [3.63, 3.8) is 0 Å². The van der Waals surface area contributed by atoms with E-state index >= 15 is 0 Å². The lowest BCUT2D eigenvalue weighted by Crippen LogP contribution is -2.12. The molecule has 0 aliphatic rings. The van der Waals surface area contributed by atoms with Crippen LogP contribution in [0, 0.1) is 6.92 Å². The summed E-state index contributed by atoms with van der Waals surface area (Å²) in [6.07, 6.45) is 0.978. The van der Waals surface area contributed by atoms with Crippen LogP contribution in [0.25, 0.3) is 11.2 Å². The van der Waals surface area contributed by atoms with Crippen LogP contribution in [0.4, 0.5) is 5.95 Å². The van der Waals surface area contributed by atoms with Crippen LogP contribution in [0.5, 0.6) is 0 Å². The van der Waals surface area contributed by atoms with Gasteiger partial charge in [-0.15, -0.1) is 0 Å². The lowest BCUT2D eigenvalue weighted by molar-refractivity contribution is -0.118. The zero-order valence-electron chi connectivity index (χ0n) is 9.68. The summed E-state index contributed by atoms with van der Waals surface area (Å²) >= 11 is 0. The molecular formula is C11H15N5O. The highest BCUT2D eigenvalue weighted by molar-refractivity contribution is 5.75. The van der Waals surface area contributed by atoms with E-state index in [0.717, 1.165) is 16.9 Å². The minimum absolute atomic E-state index is 0.308. The summed E-state index contributed by atoms with van der Waals surface area (Å²) in [4.78, 5) is 19.3. The number of carbonyl (C=O) groups excluding carboxylic acids is 1. The molecule has 6 nitrogen and oxygen atoms in total.